The lowest BCUT2D eigenvalue weighted by Crippen LogP contribution is -2.49. The number of carbonyl (C=O) groups excluding carboxylic acids is 3. The second-order valence-corrected chi connectivity index (χ2v) is 11.6. The van der Waals surface area contributed by atoms with Crippen LogP contribution < -0.4 is 5.32 Å². The van der Waals surface area contributed by atoms with Crippen molar-refractivity contribution in [1.29, 1.82) is 0 Å². The lowest BCUT2D eigenvalue weighted by molar-refractivity contribution is -0.147. The van der Waals surface area contributed by atoms with Crippen molar-refractivity contribution in [1.82, 2.24) is 9.80 Å². The van der Waals surface area contributed by atoms with E-state index in [0.717, 1.165) is 34.4 Å². The fourth-order valence-corrected chi connectivity index (χ4v) is 4.92. The molecule has 6 heteroatoms. The van der Waals surface area contributed by atoms with Crippen molar-refractivity contribution >= 4 is 23.4 Å². The molecular formula is C31H43N3O3. The molecule has 2 aromatic carbocycles. The molecule has 1 unspecified atom stereocenters. The lowest BCUT2D eigenvalue weighted by atomic mass is 9.84. The standard InChI is InChI=1S/C31H43N3O3/c1-10-31(6,7)30(37)34-16-15-21-13-11-12-14-23(21)27(34)28(35)32-26-24(19(2)3)17-22(29(36)33(8)9)18-25(26)20(4)5/h11-14,17-20,27H,10,15-16H2,1-9H3,(H,32,35). The second kappa shape index (κ2) is 11.1. The summed E-state index contributed by atoms with van der Waals surface area (Å²) in [6.45, 7) is 14.6. The highest BCUT2D eigenvalue weighted by Gasteiger charge is 2.41. The minimum absolute atomic E-state index is 0.00949. The number of hydrogen-bond donors (Lipinski definition) is 1. The highest BCUT2D eigenvalue weighted by atomic mass is 16.2. The molecular weight excluding hydrogens is 462 g/mol. The Bertz CT molecular complexity index is 1150. The van der Waals surface area contributed by atoms with Gasteiger partial charge in [-0.05, 0) is 59.1 Å². The molecule has 0 saturated heterocycles. The van der Waals surface area contributed by atoms with Gasteiger partial charge in [-0.1, -0.05) is 72.7 Å². The van der Waals surface area contributed by atoms with Crippen LogP contribution in [-0.4, -0.2) is 48.2 Å². The Kier molecular flexibility index (Phi) is 8.51. The van der Waals surface area contributed by atoms with Crippen LogP contribution in [0.1, 0.15) is 105 Å². The molecule has 3 amide bonds. The number of nitrogens with zero attached hydrogens (tertiary/aromatic N) is 2. The van der Waals surface area contributed by atoms with Gasteiger partial charge in [0.1, 0.15) is 6.04 Å². The molecule has 0 fully saturated rings. The first kappa shape index (κ1) is 28.4. The van der Waals surface area contributed by atoms with Gasteiger partial charge in [-0.25, -0.2) is 0 Å². The van der Waals surface area contributed by atoms with E-state index < -0.39 is 11.5 Å². The summed E-state index contributed by atoms with van der Waals surface area (Å²) < 4.78 is 0. The third kappa shape index (κ3) is 5.73. The van der Waals surface area contributed by atoms with Crippen molar-refractivity contribution in [3.63, 3.8) is 0 Å². The van der Waals surface area contributed by atoms with Crippen LogP contribution in [-0.2, 0) is 16.0 Å². The Balaban J connectivity index is 2.13. The van der Waals surface area contributed by atoms with Crippen molar-refractivity contribution in [2.75, 3.05) is 26.0 Å². The van der Waals surface area contributed by atoms with Crippen LogP contribution in [0.15, 0.2) is 36.4 Å². The Morgan fingerprint density at radius 2 is 1.59 bits per heavy atom. The molecule has 0 saturated carbocycles. The molecule has 1 aliphatic heterocycles. The van der Waals surface area contributed by atoms with E-state index in [1.165, 1.54) is 0 Å². The van der Waals surface area contributed by atoms with Gasteiger partial charge in [0.2, 0.25) is 5.91 Å². The maximum Gasteiger partial charge on any atom is 0.253 e. The number of amides is 3. The van der Waals surface area contributed by atoms with Crippen molar-refractivity contribution in [2.45, 2.75) is 79.2 Å². The second-order valence-electron chi connectivity index (χ2n) is 11.6. The summed E-state index contributed by atoms with van der Waals surface area (Å²) >= 11 is 0. The van der Waals surface area contributed by atoms with Crippen molar-refractivity contribution in [3.05, 3.63) is 64.2 Å². The van der Waals surface area contributed by atoms with E-state index in [2.05, 4.69) is 33.0 Å². The SMILES string of the molecule is CCC(C)(C)C(=O)N1CCc2ccccc2C1C(=O)Nc1c(C(C)C)cc(C(=O)N(C)C)cc1C(C)C. The molecule has 2 aromatic rings. The topological polar surface area (TPSA) is 69.7 Å². The molecule has 0 aromatic heterocycles. The molecule has 6 nitrogen and oxygen atoms in total. The van der Waals surface area contributed by atoms with Gasteiger partial charge < -0.3 is 15.1 Å². The van der Waals surface area contributed by atoms with E-state index in [1.807, 2.05) is 57.2 Å². The quantitative estimate of drug-likeness (QED) is 0.492. The van der Waals surface area contributed by atoms with Crippen molar-refractivity contribution in [2.24, 2.45) is 5.41 Å². The van der Waals surface area contributed by atoms with Gasteiger partial charge in [0.25, 0.3) is 11.8 Å². The Morgan fingerprint density at radius 1 is 1.03 bits per heavy atom. The Morgan fingerprint density at radius 3 is 2.11 bits per heavy atom. The van der Waals surface area contributed by atoms with E-state index >= 15 is 0 Å². The predicted octanol–water partition coefficient (Wildman–Crippen LogP) is 6.14. The first-order valence-corrected chi connectivity index (χ1v) is 13.4. The van der Waals surface area contributed by atoms with Crippen LogP contribution >= 0.6 is 0 Å². The first-order valence-electron chi connectivity index (χ1n) is 13.4. The summed E-state index contributed by atoms with van der Waals surface area (Å²) in [5.74, 6) is -0.134. The van der Waals surface area contributed by atoms with Crippen LogP contribution in [0.5, 0.6) is 0 Å². The van der Waals surface area contributed by atoms with Gasteiger partial charge in [-0.3, -0.25) is 14.4 Å². The minimum atomic E-state index is -0.716. The molecule has 37 heavy (non-hydrogen) atoms. The third-order valence-corrected chi connectivity index (χ3v) is 7.60. The van der Waals surface area contributed by atoms with E-state index in [9.17, 15) is 14.4 Å². The van der Waals surface area contributed by atoms with Gasteiger partial charge >= 0.3 is 0 Å². The number of fused-ring (bicyclic) bond motifs is 1. The summed E-state index contributed by atoms with van der Waals surface area (Å²) in [7, 11) is 3.48. The van der Waals surface area contributed by atoms with Gasteiger partial charge in [0.15, 0.2) is 0 Å². The normalized spacial score (nSPS) is 15.5. The largest absolute Gasteiger partial charge is 0.345 e. The van der Waals surface area contributed by atoms with Gasteiger partial charge in [0.05, 0.1) is 0 Å². The zero-order chi connectivity index (χ0) is 27.7. The number of carbonyl (C=O) groups is 3. The summed E-state index contributed by atoms with van der Waals surface area (Å²) in [6, 6.07) is 11.0. The van der Waals surface area contributed by atoms with Crippen molar-refractivity contribution < 1.29 is 14.4 Å². The van der Waals surface area contributed by atoms with Crippen LogP contribution in [0.3, 0.4) is 0 Å². The Labute approximate surface area is 222 Å². The van der Waals surface area contributed by atoms with E-state index in [1.54, 1.807) is 23.9 Å². The van der Waals surface area contributed by atoms with Crippen LogP contribution in [0.4, 0.5) is 5.69 Å². The summed E-state index contributed by atoms with van der Waals surface area (Å²) in [6.07, 6.45) is 1.41. The Hall–Kier alpha value is -3.15. The molecule has 0 aliphatic carbocycles. The number of nitrogens with one attached hydrogen (secondary N) is 1. The van der Waals surface area contributed by atoms with Crippen LogP contribution in [0, 0.1) is 5.41 Å². The van der Waals surface area contributed by atoms with Crippen molar-refractivity contribution in [3.8, 4) is 0 Å². The lowest BCUT2D eigenvalue weighted by Gasteiger charge is -2.40. The highest BCUT2D eigenvalue weighted by molar-refractivity contribution is 6.01. The smallest absolute Gasteiger partial charge is 0.253 e. The zero-order valence-corrected chi connectivity index (χ0v) is 23.9. The van der Waals surface area contributed by atoms with E-state index in [0.29, 0.717) is 18.5 Å². The molecule has 1 aliphatic rings. The van der Waals surface area contributed by atoms with Gasteiger partial charge in [-0.15, -0.1) is 0 Å². The predicted molar refractivity (Wildman–Crippen MR) is 150 cm³/mol. The molecule has 0 radical (unpaired) electrons. The average molecular weight is 506 g/mol. The number of hydrogen-bond acceptors (Lipinski definition) is 3. The molecule has 200 valence electrons. The number of rotatable bonds is 7. The average Bonchev–Trinajstić information content (AvgIpc) is 2.86. The van der Waals surface area contributed by atoms with E-state index in [4.69, 9.17) is 0 Å². The summed E-state index contributed by atoms with van der Waals surface area (Å²) in [5, 5.41) is 3.24. The molecule has 3 rings (SSSR count). The molecule has 0 bridgehead atoms. The fourth-order valence-electron chi connectivity index (χ4n) is 4.92. The molecule has 1 atom stereocenters. The van der Waals surface area contributed by atoms with Crippen LogP contribution in [0.25, 0.3) is 0 Å². The molecule has 0 spiro atoms. The fraction of sp³-hybridized carbons (Fsp3) is 0.516. The summed E-state index contributed by atoms with van der Waals surface area (Å²) in [5.41, 5.74) is 4.60. The maximum absolute atomic E-state index is 14.2. The number of anilines is 1. The highest BCUT2D eigenvalue weighted by Crippen LogP contribution is 2.38. The maximum atomic E-state index is 14.2. The van der Waals surface area contributed by atoms with Crippen LogP contribution in [0.2, 0.25) is 0 Å². The summed E-state index contributed by atoms with van der Waals surface area (Å²) in [4.78, 5) is 44.0. The van der Waals surface area contributed by atoms with Gasteiger partial charge in [0, 0.05) is 37.3 Å². The van der Waals surface area contributed by atoms with E-state index in [-0.39, 0.29) is 29.6 Å². The monoisotopic (exact) mass is 505 g/mol. The zero-order valence-electron chi connectivity index (χ0n) is 23.9. The molecule has 1 heterocycles. The first-order chi connectivity index (χ1) is 17.3. The number of benzene rings is 2. The third-order valence-electron chi connectivity index (χ3n) is 7.60. The molecule has 1 N–H and O–H groups in total. The van der Waals surface area contributed by atoms with Gasteiger partial charge in [-0.2, -0.15) is 0 Å². The minimum Gasteiger partial charge on any atom is -0.345 e.